The number of carbonyl (C=O) groups is 3. The highest BCUT2D eigenvalue weighted by molar-refractivity contribution is 6.25. The number of aryl methyl sites for hydroxylation is 1. The first-order chi connectivity index (χ1) is 20.6. The van der Waals surface area contributed by atoms with Gasteiger partial charge in [0.25, 0.3) is 0 Å². The molecule has 4 aliphatic rings. The lowest BCUT2D eigenvalue weighted by atomic mass is 9.47. The number of benzene rings is 4. The molecule has 42 heavy (non-hydrogen) atoms. The average Bonchev–Trinajstić information content (AvgIpc) is 3.31. The largest absolute Gasteiger partial charge is 0.274 e. The first kappa shape index (κ1) is 25.6. The predicted molar refractivity (Wildman–Crippen MR) is 158 cm³/mol. The van der Waals surface area contributed by atoms with Crippen molar-refractivity contribution in [2.24, 2.45) is 16.9 Å². The lowest BCUT2D eigenvalue weighted by Gasteiger charge is -2.52. The summed E-state index contributed by atoms with van der Waals surface area (Å²) < 4.78 is 0. The molecule has 3 amide bonds. The number of anilines is 1. The number of nitrogens with one attached hydrogen (secondary N) is 1. The van der Waals surface area contributed by atoms with E-state index in [9.17, 15) is 19.6 Å². The minimum atomic E-state index is -1.09. The summed E-state index contributed by atoms with van der Waals surface area (Å²) in [6.07, 6.45) is 2.49. The number of carbonyl (C=O) groups excluding carboxylic acids is 3. The third-order valence-electron chi connectivity index (χ3n) is 8.89. The summed E-state index contributed by atoms with van der Waals surface area (Å²) >= 11 is 0. The predicted octanol–water partition coefficient (Wildman–Crippen LogP) is 4.84. The van der Waals surface area contributed by atoms with E-state index < -0.39 is 17.3 Å². The molecule has 0 unspecified atom stereocenters. The molecule has 7 nitrogen and oxygen atoms in total. The number of nitrogens with zero attached hydrogens (tertiary/aromatic N) is 3. The summed E-state index contributed by atoms with van der Waals surface area (Å²) in [5.41, 5.74) is 6.92. The van der Waals surface area contributed by atoms with Crippen LogP contribution in [0.5, 0.6) is 0 Å². The Morgan fingerprint density at radius 1 is 0.857 bits per heavy atom. The molecule has 4 aromatic carbocycles. The van der Waals surface area contributed by atoms with Crippen molar-refractivity contribution < 1.29 is 14.4 Å². The topological polar surface area (TPSA) is 103 Å². The lowest BCUT2D eigenvalue weighted by Crippen LogP contribution is -2.54. The minimum Gasteiger partial charge on any atom is -0.274 e. The smallest absolute Gasteiger partial charge is 0.240 e. The van der Waals surface area contributed by atoms with Gasteiger partial charge in [-0.05, 0) is 46.4 Å². The van der Waals surface area contributed by atoms with Crippen molar-refractivity contribution >= 4 is 29.6 Å². The molecule has 1 heterocycles. The summed E-state index contributed by atoms with van der Waals surface area (Å²) in [5, 5.41) is 14.2. The third kappa shape index (κ3) is 3.65. The van der Waals surface area contributed by atoms with E-state index in [0.717, 1.165) is 27.8 Å². The first-order valence-electron chi connectivity index (χ1n) is 14.0. The number of hydrogen-bond donors (Lipinski definition) is 1. The molecule has 3 aliphatic carbocycles. The second-order valence-corrected chi connectivity index (χ2v) is 10.9. The average molecular weight is 551 g/mol. The Bertz CT molecular complexity index is 1780. The fourth-order valence-corrected chi connectivity index (χ4v) is 7.21. The van der Waals surface area contributed by atoms with Gasteiger partial charge in [-0.3, -0.25) is 14.4 Å². The molecule has 2 atom stereocenters. The van der Waals surface area contributed by atoms with E-state index in [1.165, 1.54) is 4.90 Å². The molecule has 7 heteroatoms. The Morgan fingerprint density at radius 2 is 1.48 bits per heavy atom. The summed E-state index contributed by atoms with van der Waals surface area (Å²) in [6, 6.07) is 34.3. The van der Waals surface area contributed by atoms with E-state index in [4.69, 9.17) is 0 Å². The van der Waals surface area contributed by atoms with Gasteiger partial charge in [-0.25, -0.2) is 10.3 Å². The second kappa shape index (κ2) is 9.93. The normalized spacial score (nSPS) is 23.3. The van der Waals surface area contributed by atoms with Crippen LogP contribution in [-0.4, -0.2) is 23.9 Å². The van der Waals surface area contributed by atoms with Crippen molar-refractivity contribution in [1.29, 1.82) is 5.26 Å². The molecule has 0 aromatic heterocycles. The SMILES string of the molecule is N#Cc1ccccc1N1C(=O)[C@H]2C3c4ccccc4C(/C=N\NC(=O)CCc4ccccc4)(c4ccccc43)[C@H]2C1=O. The number of hydrogen-bond acceptors (Lipinski definition) is 5. The Hall–Kier alpha value is -5.35. The van der Waals surface area contributed by atoms with Crippen LogP contribution in [0.3, 0.4) is 0 Å². The Kier molecular flexibility index (Phi) is 6.05. The van der Waals surface area contributed by atoms with Crippen molar-refractivity contribution in [3.63, 3.8) is 0 Å². The zero-order valence-electron chi connectivity index (χ0n) is 22.6. The molecule has 8 rings (SSSR count). The number of amides is 3. The van der Waals surface area contributed by atoms with Gasteiger partial charge in [-0.2, -0.15) is 10.4 Å². The van der Waals surface area contributed by atoms with Crippen LogP contribution in [0.1, 0.15) is 45.7 Å². The van der Waals surface area contributed by atoms with Gasteiger partial charge in [0.05, 0.1) is 28.5 Å². The molecule has 1 fully saturated rings. The van der Waals surface area contributed by atoms with Crippen molar-refractivity contribution in [2.45, 2.75) is 24.2 Å². The highest BCUT2D eigenvalue weighted by Crippen LogP contribution is 2.63. The number of hydrazone groups is 1. The van der Waals surface area contributed by atoms with Gasteiger partial charge in [-0.15, -0.1) is 0 Å². The summed E-state index contributed by atoms with van der Waals surface area (Å²) in [5.74, 6) is -2.75. The summed E-state index contributed by atoms with van der Waals surface area (Å²) in [4.78, 5) is 42.7. The highest BCUT2D eigenvalue weighted by Gasteiger charge is 2.68. The monoisotopic (exact) mass is 550 g/mol. The number of para-hydroxylation sites is 1. The van der Waals surface area contributed by atoms with E-state index in [1.807, 2.05) is 78.9 Å². The van der Waals surface area contributed by atoms with Crippen molar-refractivity contribution in [2.75, 3.05) is 4.90 Å². The molecule has 1 aliphatic heterocycles. The van der Waals surface area contributed by atoms with Crippen LogP contribution >= 0.6 is 0 Å². The van der Waals surface area contributed by atoms with Crippen LogP contribution < -0.4 is 10.3 Å². The van der Waals surface area contributed by atoms with Gasteiger partial charge < -0.3 is 0 Å². The van der Waals surface area contributed by atoms with E-state index in [0.29, 0.717) is 12.1 Å². The zero-order chi connectivity index (χ0) is 28.8. The van der Waals surface area contributed by atoms with E-state index in [2.05, 4.69) is 16.6 Å². The van der Waals surface area contributed by atoms with E-state index in [1.54, 1.807) is 30.5 Å². The summed E-state index contributed by atoms with van der Waals surface area (Å²) in [6.45, 7) is 0. The number of rotatable bonds is 6. The van der Waals surface area contributed by atoms with Crippen LogP contribution in [0.15, 0.2) is 108 Å². The lowest BCUT2D eigenvalue weighted by molar-refractivity contribution is -0.123. The molecule has 0 saturated carbocycles. The van der Waals surface area contributed by atoms with Crippen LogP contribution in [0.25, 0.3) is 0 Å². The van der Waals surface area contributed by atoms with E-state index >= 15 is 0 Å². The molecule has 204 valence electrons. The second-order valence-electron chi connectivity index (χ2n) is 10.9. The Labute approximate surface area is 243 Å². The zero-order valence-corrected chi connectivity index (χ0v) is 22.6. The van der Waals surface area contributed by atoms with Gasteiger partial charge in [0.15, 0.2) is 0 Å². The van der Waals surface area contributed by atoms with Gasteiger partial charge >= 0.3 is 0 Å². The third-order valence-corrected chi connectivity index (χ3v) is 8.89. The van der Waals surface area contributed by atoms with Gasteiger partial charge in [0.1, 0.15) is 6.07 Å². The number of nitriles is 1. The van der Waals surface area contributed by atoms with E-state index in [-0.39, 0.29) is 35.6 Å². The standard InChI is InChI=1S/C35H26N4O3/c36-20-23-12-4-9-17-28(23)39-33(41)31-30-24-13-5-7-15-26(24)35(32(31)34(39)42,27-16-8-6-14-25(27)30)21-37-38-29(40)19-18-22-10-2-1-3-11-22/h1-17,21,30-32H,18-19H2,(H,38,40)/b37-21-/t30?,31-,32+,35?/m0/s1. The van der Waals surface area contributed by atoms with Gasteiger partial charge in [0, 0.05) is 18.6 Å². The summed E-state index contributed by atoms with van der Waals surface area (Å²) in [7, 11) is 0. The van der Waals surface area contributed by atoms with Crippen LogP contribution in [0.4, 0.5) is 5.69 Å². The number of imide groups is 1. The maximum Gasteiger partial charge on any atom is 0.240 e. The maximum absolute atomic E-state index is 14.4. The molecule has 1 N–H and O–H groups in total. The molecule has 2 bridgehead atoms. The van der Waals surface area contributed by atoms with Crippen LogP contribution in [0.2, 0.25) is 0 Å². The molecule has 0 spiro atoms. The Balaban J connectivity index is 1.33. The molecule has 1 saturated heterocycles. The maximum atomic E-state index is 14.4. The highest BCUT2D eigenvalue weighted by atomic mass is 16.2. The first-order valence-corrected chi connectivity index (χ1v) is 14.0. The molecule has 4 aromatic rings. The van der Waals surface area contributed by atoms with Crippen molar-refractivity contribution in [1.82, 2.24) is 5.43 Å². The fraction of sp³-hybridized carbons (Fsp3) is 0.171. The van der Waals surface area contributed by atoms with Gasteiger partial charge in [-0.1, -0.05) is 91.0 Å². The molecular weight excluding hydrogens is 524 g/mol. The van der Waals surface area contributed by atoms with Crippen molar-refractivity contribution in [3.05, 3.63) is 137 Å². The van der Waals surface area contributed by atoms with Crippen LogP contribution in [0, 0.1) is 23.2 Å². The van der Waals surface area contributed by atoms with Crippen LogP contribution in [-0.2, 0) is 26.2 Å². The molecule has 0 radical (unpaired) electrons. The molecular formula is C35H26N4O3. The fourth-order valence-electron chi connectivity index (χ4n) is 7.21. The quantitative estimate of drug-likeness (QED) is 0.211. The van der Waals surface area contributed by atoms with Crippen molar-refractivity contribution in [3.8, 4) is 6.07 Å². The van der Waals surface area contributed by atoms with Gasteiger partial charge in [0.2, 0.25) is 17.7 Å². The minimum absolute atomic E-state index is 0.243. The Morgan fingerprint density at radius 3 is 2.17 bits per heavy atom.